The van der Waals surface area contributed by atoms with E-state index in [1.807, 2.05) is 30.3 Å². The number of benzene rings is 3. The standard InChI is InChI=1S/C28H28N4O5.ClH/c29-28(30)31-21-11-8-19(9-12-21)27(36)37-22-13-10-20(23(16-22)18-6-7-18)15-25(33)32-24(26(34)35)14-17-4-2-1-3-5-17;/h1-5,8-13,16,18,24H,6-7,14-15H2,(H,32,33)(H,34,35)(H4,29,30,31);1H/t24-;/m0./s1. The van der Waals surface area contributed by atoms with Crippen molar-refractivity contribution in [3.05, 3.63) is 95.1 Å². The fraction of sp³-hybridized carbons (Fsp3) is 0.214. The summed E-state index contributed by atoms with van der Waals surface area (Å²) in [6.45, 7) is 0. The lowest BCUT2D eigenvalue weighted by molar-refractivity contribution is -0.141. The number of aliphatic carboxylic acids is 1. The van der Waals surface area contributed by atoms with Crippen molar-refractivity contribution >= 4 is 41.9 Å². The van der Waals surface area contributed by atoms with E-state index in [9.17, 15) is 19.5 Å². The number of carbonyl (C=O) groups is 3. The van der Waals surface area contributed by atoms with Crippen LogP contribution in [0, 0.1) is 0 Å². The monoisotopic (exact) mass is 536 g/mol. The highest BCUT2D eigenvalue weighted by molar-refractivity contribution is 5.91. The fourth-order valence-electron chi connectivity index (χ4n) is 4.03. The zero-order chi connectivity index (χ0) is 26.4. The number of amides is 1. The molecule has 0 bridgehead atoms. The third kappa shape index (κ3) is 7.81. The van der Waals surface area contributed by atoms with Crippen LogP contribution in [0.5, 0.6) is 5.75 Å². The van der Waals surface area contributed by atoms with Crippen LogP contribution in [0.1, 0.15) is 45.8 Å². The molecule has 38 heavy (non-hydrogen) atoms. The van der Waals surface area contributed by atoms with Gasteiger partial charge in [0.1, 0.15) is 11.8 Å². The lowest BCUT2D eigenvalue weighted by Gasteiger charge is -2.16. The molecule has 1 amide bonds. The Labute approximate surface area is 226 Å². The van der Waals surface area contributed by atoms with Gasteiger partial charge in [-0.1, -0.05) is 36.4 Å². The van der Waals surface area contributed by atoms with E-state index in [0.29, 0.717) is 17.0 Å². The van der Waals surface area contributed by atoms with E-state index in [1.54, 1.807) is 42.5 Å². The van der Waals surface area contributed by atoms with Crippen molar-refractivity contribution in [3.8, 4) is 5.75 Å². The minimum atomic E-state index is -1.09. The molecule has 3 aromatic carbocycles. The maximum absolute atomic E-state index is 12.8. The molecule has 10 heteroatoms. The molecule has 0 unspecified atom stereocenters. The third-order valence-electron chi connectivity index (χ3n) is 5.97. The van der Waals surface area contributed by atoms with Crippen molar-refractivity contribution < 1.29 is 24.2 Å². The van der Waals surface area contributed by atoms with Crippen molar-refractivity contribution in [2.45, 2.75) is 37.6 Å². The zero-order valence-corrected chi connectivity index (χ0v) is 21.3. The minimum Gasteiger partial charge on any atom is -0.480 e. The van der Waals surface area contributed by atoms with Crippen molar-refractivity contribution in [2.24, 2.45) is 16.5 Å². The van der Waals surface area contributed by atoms with Gasteiger partial charge in [0.05, 0.1) is 17.7 Å². The number of hydrogen-bond acceptors (Lipinski definition) is 5. The number of nitrogens with one attached hydrogen (secondary N) is 1. The van der Waals surface area contributed by atoms with Gasteiger partial charge >= 0.3 is 11.9 Å². The summed E-state index contributed by atoms with van der Waals surface area (Å²) in [6.07, 6.45) is 2.18. The maximum Gasteiger partial charge on any atom is 0.343 e. The smallest absolute Gasteiger partial charge is 0.343 e. The van der Waals surface area contributed by atoms with Gasteiger partial charge in [-0.2, -0.15) is 0 Å². The van der Waals surface area contributed by atoms with Crippen LogP contribution in [0.25, 0.3) is 0 Å². The predicted octanol–water partition coefficient (Wildman–Crippen LogP) is 3.46. The number of nitrogens with zero attached hydrogens (tertiary/aromatic N) is 1. The summed E-state index contributed by atoms with van der Waals surface area (Å²) >= 11 is 0. The molecule has 0 radical (unpaired) electrons. The number of nitrogens with two attached hydrogens (primary N) is 2. The number of ether oxygens (including phenoxy) is 1. The van der Waals surface area contributed by atoms with Crippen LogP contribution in [0.4, 0.5) is 5.69 Å². The Morgan fingerprint density at radius 3 is 2.29 bits per heavy atom. The number of rotatable bonds is 10. The second-order valence-corrected chi connectivity index (χ2v) is 8.93. The Balaban J connectivity index is 0.00000400. The molecule has 9 nitrogen and oxygen atoms in total. The number of esters is 1. The summed E-state index contributed by atoms with van der Waals surface area (Å²) in [5, 5.41) is 12.2. The number of aliphatic imine (C=N–C) groups is 1. The normalized spacial score (nSPS) is 12.9. The van der Waals surface area contributed by atoms with Crippen molar-refractivity contribution in [1.82, 2.24) is 5.32 Å². The molecule has 1 aliphatic rings. The van der Waals surface area contributed by atoms with Crippen LogP contribution < -0.4 is 21.5 Å². The molecule has 0 spiro atoms. The molecule has 1 aliphatic carbocycles. The number of hydrogen-bond donors (Lipinski definition) is 4. The molecule has 1 atom stereocenters. The van der Waals surface area contributed by atoms with Gasteiger partial charge in [-0.05, 0) is 71.8 Å². The first-order chi connectivity index (χ1) is 17.8. The van der Waals surface area contributed by atoms with Gasteiger partial charge in [0.15, 0.2) is 5.96 Å². The van der Waals surface area contributed by atoms with Crippen molar-refractivity contribution in [3.63, 3.8) is 0 Å². The van der Waals surface area contributed by atoms with Gasteiger partial charge < -0.3 is 26.6 Å². The molecule has 1 saturated carbocycles. The first-order valence-electron chi connectivity index (χ1n) is 11.9. The fourth-order valence-corrected chi connectivity index (χ4v) is 4.03. The van der Waals surface area contributed by atoms with E-state index in [-0.39, 0.29) is 43.0 Å². The van der Waals surface area contributed by atoms with E-state index >= 15 is 0 Å². The molecule has 0 heterocycles. The highest BCUT2D eigenvalue weighted by Crippen LogP contribution is 2.43. The number of guanidine groups is 1. The summed E-state index contributed by atoms with van der Waals surface area (Å²) < 4.78 is 5.56. The molecule has 3 aromatic rings. The van der Waals surface area contributed by atoms with E-state index in [2.05, 4.69) is 10.3 Å². The molecule has 198 valence electrons. The van der Waals surface area contributed by atoms with Crippen LogP contribution in [0.3, 0.4) is 0 Å². The Morgan fingerprint density at radius 2 is 1.68 bits per heavy atom. The zero-order valence-electron chi connectivity index (χ0n) is 20.5. The summed E-state index contributed by atoms with van der Waals surface area (Å²) in [5.41, 5.74) is 14.1. The largest absolute Gasteiger partial charge is 0.480 e. The van der Waals surface area contributed by atoms with Crippen molar-refractivity contribution in [2.75, 3.05) is 0 Å². The van der Waals surface area contributed by atoms with Crippen LogP contribution >= 0.6 is 12.4 Å². The van der Waals surface area contributed by atoms with Crippen LogP contribution in [0.2, 0.25) is 0 Å². The second-order valence-electron chi connectivity index (χ2n) is 8.93. The van der Waals surface area contributed by atoms with Crippen LogP contribution in [-0.4, -0.2) is 35.0 Å². The molecule has 4 rings (SSSR count). The van der Waals surface area contributed by atoms with Gasteiger partial charge in [-0.15, -0.1) is 12.4 Å². The summed E-state index contributed by atoms with van der Waals surface area (Å²) in [7, 11) is 0. The lowest BCUT2D eigenvalue weighted by Crippen LogP contribution is -2.43. The topological polar surface area (TPSA) is 157 Å². The predicted molar refractivity (Wildman–Crippen MR) is 146 cm³/mol. The highest BCUT2D eigenvalue weighted by Gasteiger charge is 2.28. The molecule has 0 aromatic heterocycles. The SMILES string of the molecule is Cl.NC(N)=Nc1ccc(C(=O)Oc2ccc(CC(=O)N[C@@H](Cc3ccccc3)C(=O)O)c(C3CC3)c2)cc1. The summed E-state index contributed by atoms with van der Waals surface area (Å²) in [4.78, 5) is 41.0. The van der Waals surface area contributed by atoms with E-state index in [4.69, 9.17) is 16.2 Å². The molecule has 0 aliphatic heterocycles. The van der Waals surface area contributed by atoms with Crippen molar-refractivity contribution in [1.29, 1.82) is 0 Å². The third-order valence-corrected chi connectivity index (χ3v) is 5.97. The van der Waals surface area contributed by atoms with Gasteiger partial charge in [-0.3, -0.25) is 4.79 Å². The summed E-state index contributed by atoms with van der Waals surface area (Å²) in [5.74, 6) is -1.43. The van der Waals surface area contributed by atoms with Crippen LogP contribution in [0.15, 0.2) is 77.8 Å². The highest BCUT2D eigenvalue weighted by atomic mass is 35.5. The molecular weight excluding hydrogens is 508 g/mol. The quantitative estimate of drug-likeness (QED) is 0.134. The first-order valence-corrected chi connectivity index (χ1v) is 11.9. The van der Waals surface area contributed by atoms with Gasteiger partial charge in [0.2, 0.25) is 5.91 Å². The average molecular weight is 537 g/mol. The lowest BCUT2D eigenvalue weighted by atomic mass is 9.99. The number of carboxylic acids is 1. The van der Waals surface area contributed by atoms with Gasteiger partial charge in [0.25, 0.3) is 0 Å². The Bertz CT molecular complexity index is 1320. The summed E-state index contributed by atoms with van der Waals surface area (Å²) in [6, 6.07) is 19.7. The molecular formula is C28H29ClN4O5. The molecule has 1 fully saturated rings. The van der Waals surface area contributed by atoms with E-state index in [1.165, 1.54) is 0 Å². The number of carboxylic acid groups (broad SMARTS) is 1. The van der Waals surface area contributed by atoms with E-state index in [0.717, 1.165) is 29.5 Å². The second kappa shape index (κ2) is 12.7. The van der Waals surface area contributed by atoms with Crippen LogP contribution in [-0.2, 0) is 22.4 Å². The minimum absolute atomic E-state index is 0. The molecule has 0 saturated heterocycles. The Kier molecular flexibility index (Phi) is 9.45. The molecule has 6 N–H and O–H groups in total. The maximum atomic E-state index is 12.8. The van der Waals surface area contributed by atoms with E-state index < -0.39 is 18.0 Å². The van der Waals surface area contributed by atoms with Gasteiger partial charge in [0, 0.05) is 6.42 Å². The average Bonchev–Trinajstić information content (AvgIpc) is 3.71. The first kappa shape index (κ1) is 28.2. The Hall–Kier alpha value is -4.37. The van der Waals surface area contributed by atoms with Gasteiger partial charge in [-0.25, -0.2) is 14.6 Å². The number of halogens is 1. The number of carbonyl (C=O) groups excluding carboxylic acids is 2. The Morgan fingerprint density at radius 1 is 1.00 bits per heavy atom.